The van der Waals surface area contributed by atoms with Gasteiger partial charge in [-0.2, -0.15) is 0 Å². The third-order valence-electron chi connectivity index (χ3n) is 6.06. The van der Waals surface area contributed by atoms with Gasteiger partial charge in [-0.25, -0.2) is 9.37 Å². The molecule has 2 heterocycles. The van der Waals surface area contributed by atoms with Gasteiger partial charge in [-0.1, -0.05) is 66.2 Å². The summed E-state index contributed by atoms with van der Waals surface area (Å²) in [5, 5.41) is 4.46. The zero-order valence-electron chi connectivity index (χ0n) is 18.9. The van der Waals surface area contributed by atoms with E-state index >= 15 is 0 Å². The van der Waals surface area contributed by atoms with Crippen molar-refractivity contribution in [2.45, 2.75) is 18.9 Å². The Hall–Kier alpha value is -3.96. The molecule has 35 heavy (non-hydrogen) atoms. The summed E-state index contributed by atoms with van der Waals surface area (Å²) in [4.78, 5) is 17.4. The van der Waals surface area contributed by atoms with E-state index in [-0.39, 0.29) is 24.1 Å². The Bertz CT molecular complexity index is 1450. The van der Waals surface area contributed by atoms with Crippen LogP contribution in [0.1, 0.15) is 29.0 Å². The Labute approximate surface area is 208 Å². The van der Waals surface area contributed by atoms with E-state index in [9.17, 15) is 9.18 Å². The number of para-hydroxylation sites is 2. The smallest absolute Gasteiger partial charge is 0.225 e. The molecule has 0 saturated carbocycles. The van der Waals surface area contributed by atoms with Crippen molar-refractivity contribution < 1.29 is 9.18 Å². The number of pyridine rings is 1. The summed E-state index contributed by atoms with van der Waals surface area (Å²) in [6, 6.07) is 27.7. The third-order valence-corrected chi connectivity index (χ3v) is 6.28. The fourth-order valence-corrected chi connectivity index (χ4v) is 4.50. The fourth-order valence-electron chi connectivity index (χ4n) is 4.39. The maximum Gasteiger partial charge on any atom is 0.225 e. The number of nitrogens with zero attached hydrogens (tertiary/aromatic N) is 2. The predicted octanol–water partition coefficient (Wildman–Crippen LogP) is 7.04. The quantitative estimate of drug-likeness (QED) is 0.252. The van der Waals surface area contributed by atoms with Crippen molar-refractivity contribution in [1.29, 1.82) is 0 Å². The first kappa shape index (κ1) is 22.8. The van der Waals surface area contributed by atoms with Gasteiger partial charge in [-0.15, -0.1) is 0 Å². The van der Waals surface area contributed by atoms with Crippen molar-refractivity contribution in [2.75, 3.05) is 5.32 Å². The van der Waals surface area contributed by atoms with Crippen LogP contribution in [0, 0.1) is 5.82 Å². The van der Waals surface area contributed by atoms with Gasteiger partial charge in [-0.3, -0.25) is 4.79 Å². The number of nitrogens with one attached hydrogen (secondary N) is 1. The Balaban J connectivity index is 1.54. The molecule has 0 spiro atoms. The van der Waals surface area contributed by atoms with Crippen molar-refractivity contribution in [1.82, 2.24) is 9.55 Å². The number of amides is 1. The topological polar surface area (TPSA) is 46.9 Å². The molecule has 2 aromatic heterocycles. The first-order chi connectivity index (χ1) is 17.1. The van der Waals surface area contributed by atoms with E-state index in [4.69, 9.17) is 11.6 Å². The number of carbonyl (C=O) groups excluding carboxylic acids is 1. The summed E-state index contributed by atoms with van der Waals surface area (Å²) in [6.07, 6.45) is 4.06. The van der Waals surface area contributed by atoms with Crippen LogP contribution in [0.25, 0.3) is 10.9 Å². The van der Waals surface area contributed by atoms with Crippen molar-refractivity contribution in [3.63, 3.8) is 0 Å². The van der Waals surface area contributed by atoms with Gasteiger partial charge in [0.1, 0.15) is 11.0 Å². The van der Waals surface area contributed by atoms with Crippen LogP contribution in [0.4, 0.5) is 10.1 Å². The molecule has 0 aliphatic rings. The second kappa shape index (κ2) is 10.1. The minimum atomic E-state index is -0.258. The number of hydrogen-bond donors (Lipinski definition) is 1. The summed E-state index contributed by atoms with van der Waals surface area (Å²) in [5.41, 5.74) is 4.72. The Morgan fingerprint density at radius 2 is 1.69 bits per heavy atom. The lowest BCUT2D eigenvalue weighted by molar-refractivity contribution is -0.116. The highest BCUT2D eigenvalue weighted by molar-refractivity contribution is 6.29. The highest BCUT2D eigenvalue weighted by atomic mass is 35.5. The molecule has 6 heteroatoms. The third kappa shape index (κ3) is 5.26. The van der Waals surface area contributed by atoms with Crippen LogP contribution in [0.2, 0.25) is 5.15 Å². The molecular weight excluding hydrogens is 461 g/mol. The first-order valence-electron chi connectivity index (χ1n) is 11.4. The molecule has 0 unspecified atom stereocenters. The lowest BCUT2D eigenvalue weighted by atomic mass is 9.89. The second-order valence-corrected chi connectivity index (χ2v) is 8.83. The van der Waals surface area contributed by atoms with Crippen LogP contribution >= 0.6 is 11.6 Å². The van der Waals surface area contributed by atoms with E-state index in [0.29, 0.717) is 11.7 Å². The molecule has 4 nitrogen and oxygen atoms in total. The zero-order valence-corrected chi connectivity index (χ0v) is 19.6. The number of hydrogen-bond acceptors (Lipinski definition) is 2. The van der Waals surface area contributed by atoms with Crippen LogP contribution < -0.4 is 5.32 Å². The first-order valence-corrected chi connectivity index (χ1v) is 11.7. The number of anilines is 1. The van der Waals surface area contributed by atoms with Crippen molar-refractivity contribution in [3.05, 3.63) is 131 Å². The van der Waals surface area contributed by atoms with E-state index in [0.717, 1.165) is 33.3 Å². The molecule has 0 aliphatic carbocycles. The molecule has 5 rings (SSSR count). The molecule has 0 radical (unpaired) electrons. The number of rotatable bonds is 7. The maximum atomic E-state index is 13.4. The molecule has 0 bridgehead atoms. The SMILES string of the molecule is O=C(C[C@@H](c1ccc(Cl)nc1)c1cn(Cc2ccc(F)cc2)c2ccccc12)Nc1ccccc1. The summed E-state index contributed by atoms with van der Waals surface area (Å²) in [6.45, 7) is 0.586. The van der Waals surface area contributed by atoms with Gasteiger partial charge in [-0.05, 0) is 53.1 Å². The molecule has 0 aliphatic heterocycles. The van der Waals surface area contributed by atoms with Gasteiger partial charge in [0, 0.05) is 47.9 Å². The van der Waals surface area contributed by atoms with Gasteiger partial charge < -0.3 is 9.88 Å². The van der Waals surface area contributed by atoms with Crippen molar-refractivity contribution >= 4 is 34.1 Å². The fraction of sp³-hybridized carbons (Fsp3) is 0.103. The number of halogens is 2. The maximum absolute atomic E-state index is 13.4. The summed E-state index contributed by atoms with van der Waals surface area (Å²) in [5.74, 6) is -0.583. The molecule has 0 fully saturated rings. The monoisotopic (exact) mass is 483 g/mol. The minimum Gasteiger partial charge on any atom is -0.343 e. The van der Waals surface area contributed by atoms with Crippen LogP contribution in [-0.4, -0.2) is 15.5 Å². The number of carbonyl (C=O) groups is 1. The minimum absolute atomic E-state index is 0.0912. The molecular formula is C29H23ClFN3O. The van der Waals surface area contributed by atoms with E-state index in [1.54, 1.807) is 24.4 Å². The Kier molecular flexibility index (Phi) is 6.59. The number of fused-ring (bicyclic) bond motifs is 1. The number of benzene rings is 3. The average molecular weight is 484 g/mol. The highest BCUT2D eigenvalue weighted by Gasteiger charge is 2.23. The number of aromatic nitrogens is 2. The highest BCUT2D eigenvalue weighted by Crippen LogP contribution is 2.35. The largest absolute Gasteiger partial charge is 0.343 e. The van der Waals surface area contributed by atoms with Gasteiger partial charge in [0.2, 0.25) is 5.91 Å². The van der Waals surface area contributed by atoms with E-state index in [1.165, 1.54) is 12.1 Å². The molecule has 5 aromatic rings. The van der Waals surface area contributed by atoms with Crippen LogP contribution in [-0.2, 0) is 11.3 Å². The Morgan fingerprint density at radius 1 is 0.943 bits per heavy atom. The zero-order chi connectivity index (χ0) is 24.2. The average Bonchev–Trinajstić information content (AvgIpc) is 3.23. The normalized spacial score (nSPS) is 11.9. The predicted molar refractivity (Wildman–Crippen MR) is 138 cm³/mol. The van der Waals surface area contributed by atoms with E-state index in [1.807, 2.05) is 48.5 Å². The second-order valence-electron chi connectivity index (χ2n) is 8.44. The van der Waals surface area contributed by atoms with Crippen molar-refractivity contribution in [2.24, 2.45) is 0 Å². The molecule has 1 amide bonds. The molecule has 3 aromatic carbocycles. The van der Waals surface area contributed by atoms with Crippen LogP contribution in [0.3, 0.4) is 0 Å². The lowest BCUT2D eigenvalue weighted by Gasteiger charge is -2.17. The van der Waals surface area contributed by atoms with Crippen LogP contribution in [0.15, 0.2) is 103 Å². The van der Waals surface area contributed by atoms with Crippen LogP contribution in [0.5, 0.6) is 0 Å². The molecule has 1 N–H and O–H groups in total. The summed E-state index contributed by atoms with van der Waals surface area (Å²) in [7, 11) is 0. The van der Waals surface area contributed by atoms with E-state index < -0.39 is 0 Å². The lowest BCUT2D eigenvalue weighted by Crippen LogP contribution is -2.16. The summed E-state index contributed by atoms with van der Waals surface area (Å²) < 4.78 is 15.6. The summed E-state index contributed by atoms with van der Waals surface area (Å²) >= 11 is 6.05. The van der Waals surface area contributed by atoms with Crippen molar-refractivity contribution in [3.8, 4) is 0 Å². The molecule has 174 valence electrons. The van der Waals surface area contributed by atoms with Gasteiger partial charge in [0.25, 0.3) is 0 Å². The Morgan fingerprint density at radius 3 is 2.43 bits per heavy atom. The van der Waals surface area contributed by atoms with E-state index in [2.05, 4.69) is 33.2 Å². The van der Waals surface area contributed by atoms with Gasteiger partial charge in [0.05, 0.1) is 0 Å². The van der Waals surface area contributed by atoms with Gasteiger partial charge in [0.15, 0.2) is 0 Å². The standard InChI is InChI=1S/C29H23ClFN3O/c30-28-15-12-21(17-32-28)25(16-29(35)33-23-6-2-1-3-7-23)26-19-34(27-9-5-4-8-24(26)27)18-20-10-13-22(31)14-11-20/h1-15,17,19,25H,16,18H2,(H,33,35)/t25-/m0/s1. The van der Waals surface area contributed by atoms with Gasteiger partial charge >= 0.3 is 0 Å². The molecule has 1 atom stereocenters. The molecule has 0 saturated heterocycles.